The summed E-state index contributed by atoms with van der Waals surface area (Å²) in [4.78, 5) is 14.5. The number of carbonyl (C=O) groups is 1. The van der Waals surface area contributed by atoms with E-state index in [0.717, 1.165) is 18.7 Å². The van der Waals surface area contributed by atoms with Crippen LogP contribution in [-0.2, 0) is 24.3 Å². The fraction of sp³-hybridized carbons (Fsp3) is 0.471. The Bertz CT molecular complexity index is 671. The van der Waals surface area contributed by atoms with E-state index in [1.165, 1.54) is 16.7 Å². The molecule has 0 radical (unpaired) electrons. The molecule has 1 unspecified atom stereocenters. The van der Waals surface area contributed by atoms with Crippen LogP contribution in [0.1, 0.15) is 28.9 Å². The predicted molar refractivity (Wildman–Crippen MR) is 84.2 cm³/mol. The topological polar surface area (TPSA) is 51.0 Å². The van der Waals surface area contributed by atoms with Gasteiger partial charge in [-0.15, -0.1) is 10.2 Å². The lowest BCUT2D eigenvalue weighted by Gasteiger charge is -2.27. The third kappa shape index (κ3) is 3.03. The number of aryl methyl sites for hydroxylation is 3. The van der Waals surface area contributed by atoms with Crippen molar-refractivity contribution < 1.29 is 4.79 Å². The summed E-state index contributed by atoms with van der Waals surface area (Å²) >= 11 is 0. The lowest BCUT2D eigenvalue weighted by molar-refractivity contribution is -0.135. The number of fused-ring (bicyclic) bond motifs is 1. The molecule has 2 heterocycles. The Kier molecular flexibility index (Phi) is 3.96. The molecule has 1 atom stereocenters. The van der Waals surface area contributed by atoms with Crippen molar-refractivity contribution in [2.75, 3.05) is 7.05 Å². The minimum Gasteiger partial charge on any atom is -0.341 e. The normalized spacial score (nSPS) is 17.1. The van der Waals surface area contributed by atoms with Crippen molar-refractivity contribution in [1.29, 1.82) is 0 Å². The van der Waals surface area contributed by atoms with Gasteiger partial charge in [0.05, 0.1) is 5.92 Å². The second-order valence-corrected chi connectivity index (χ2v) is 6.33. The van der Waals surface area contributed by atoms with Gasteiger partial charge in [0.1, 0.15) is 12.2 Å². The Morgan fingerprint density at radius 3 is 2.77 bits per heavy atom. The molecule has 1 aromatic carbocycles. The highest BCUT2D eigenvalue weighted by atomic mass is 16.2. The van der Waals surface area contributed by atoms with Gasteiger partial charge < -0.3 is 9.47 Å². The molecule has 116 valence electrons. The van der Waals surface area contributed by atoms with E-state index in [1.54, 1.807) is 6.33 Å². The van der Waals surface area contributed by atoms with E-state index in [1.807, 2.05) is 16.5 Å². The van der Waals surface area contributed by atoms with Gasteiger partial charge in [-0.05, 0) is 25.8 Å². The molecule has 1 aliphatic heterocycles. The van der Waals surface area contributed by atoms with Crippen LogP contribution in [0.2, 0.25) is 0 Å². The van der Waals surface area contributed by atoms with Crippen LogP contribution in [0.5, 0.6) is 0 Å². The van der Waals surface area contributed by atoms with E-state index in [4.69, 9.17) is 0 Å². The Hall–Kier alpha value is -2.17. The maximum atomic E-state index is 12.7. The molecule has 0 N–H and O–H groups in total. The van der Waals surface area contributed by atoms with Gasteiger partial charge in [-0.1, -0.05) is 29.3 Å². The molecule has 1 aromatic heterocycles. The number of carbonyl (C=O) groups excluding carboxylic acids is 1. The number of rotatable bonds is 3. The van der Waals surface area contributed by atoms with Crippen LogP contribution in [0.3, 0.4) is 0 Å². The van der Waals surface area contributed by atoms with Crippen LogP contribution in [0.4, 0.5) is 0 Å². The maximum absolute atomic E-state index is 12.7. The summed E-state index contributed by atoms with van der Waals surface area (Å²) in [5, 5.41) is 7.99. The molecular weight excluding hydrogens is 276 g/mol. The van der Waals surface area contributed by atoms with E-state index in [0.29, 0.717) is 13.1 Å². The smallest absolute Gasteiger partial charge is 0.227 e. The van der Waals surface area contributed by atoms with Gasteiger partial charge in [-0.25, -0.2) is 0 Å². The Morgan fingerprint density at radius 1 is 1.32 bits per heavy atom. The van der Waals surface area contributed by atoms with E-state index in [-0.39, 0.29) is 11.8 Å². The van der Waals surface area contributed by atoms with Gasteiger partial charge in [-0.3, -0.25) is 4.79 Å². The second-order valence-electron chi connectivity index (χ2n) is 6.33. The van der Waals surface area contributed by atoms with Crippen LogP contribution >= 0.6 is 0 Å². The third-order valence-electron chi connectivity index (χ3n) is 4.26. The molecule has 0 bridgehead atoms. The SMILES string of the molecule is Cc1cc(C)cc(CN(C)C(=O)C2CCc3nncn3C2)c1. The Balaban J connectivity index is 1.67. The quantitative estimate of drug-likeness (QED) is 0.872. The maximum Gasteiger partial charge on any atom is 0.227 e. The highest BCUT2D eigenvalue weighted by molar-refractivity contribution is 5.78. The minimum atomic E-state index is 0.0272. The van der Waals surface area contributed by atoms with Crippen LogP contribution in [0.15, 0.2) is 24.5 Å². The van der Waals surface area contributed by atoms with Gasteiger partial charge in [0, 0.05) is 26.6 Å². The van der Waals surface area contributed by atoms with Gasteiger partial charge in [-0.2, -0.15) is 0 Å². The zero-order valence-corrected chi connectivity index (χ0v) is 13.4. The molecule has 0 saturated heterocycles. The summed E-state index contributed by atoms with van der Waals surface area (Å²) < 4.78 is 2.00. The Labute approximate surface area is 131 Å². The lowest BCUT2D eigenvalue weighted by atomic mass is 9.97. The number of aromatic nitrogens is 3. The molecule has 2 aromatic rings. The molecule has 0 aliphatic carbocycles. The molecule has 22 heavy (non-hydrogen) atoms. The molecular formula is C17H22N4O. The Morgan fingerprint density at radius 2 is 2.05 bits per heavy atom. The van der Waals surface area contributed by atoms with Crippen molar-refractivity contribution in [1.82, 2.24) is 19.7 Å². The first-order chi connectivity index (χ1) is 10.5. The fourth-order valence-corrected chi connectivity index (χ4v) is 3.28. The number of amides is 1. The highest BCUT2D eigenvalue weighted by Gasteiger charge is 2.27. The second kappa shape index (κ2) is 5.91. The summed E-state index contributed by atoms with van der Waals surface area (Å²) in [5.74, 6) is 1.22. The van der Waals surface area contributed by atoms with Crippen molar-refractivity contribution in [3.05, 3.63) is 47.0 Å². The molecule has 0 fully saturated rings. The standard InChI is InChI=1S/C17H22N4O/c1-12-6-13(2)8-14(7-12)9-20(3)17(22)15-4-5-16-19-18-11-21(16)10-15/h6-8,11,15H,4-5,9-10H2,1-3H3. The average molecular weight is 298 g/mol. The largest absolute Gasteiger partial charge is 0.341 e. The van der Waals surface area contributed by atoms with Crippen LogP contribution in [-0.4, -0.2) is 32.6 Å². The fourth-order valence-electron chi connectivity index (χ4n) is 3.28. The van der Waals surface area contributed by atoms with Crippen molar-refractivity contribution in [3.8, 4) is 0 Å². The van der Waals surface area contributed by atoms with Crippen molar-refractivity contribution in [2.45, 2.75) is 39.8 Å². The first kappa shape index (κ1) is 14.8. The number of nitrogens with zero attached hydrogens (tertiary/aromatic N) is 4. The van der Waals surface area contributed by atoms with Crippen molar-refractivity contribution in [2.24, 2.45) is 5.92 Å². The summed E-state index contributed by atoms with van der Waals surface area (Å²) in [6, 6.07) is 6.45. The molecule has 0 saturated carbocycles. The van der Waals surface area contributed by atoms with E-state index in [9.17, 15) is 4.79 Å². The van der Waals surface area contributed by atoms with Gasteiger partial charge in [0.2, 0.25) is 5.91 Å². The minimum absolute atomic E-state index is 0.0272. The number of benzene rings is 1. The zero-order chi connectivity index (χ0) is 15.7. The first-order valence-corrected chi connectivity index (χ1v) is 7.72. The van der Waals surface area contributed by atoms with Crippen molar-refractivity contribution >= 4 is 5.91 Å². The molecule has 3 rings (SSSR count). The summed E-state index contributed by atoms with van der Waals surface area (Å²) in [6.07, 6.45) is 3.40. The van der Waals surface area contributed by atoms with Gasteiger partial charge in [0.25, 0.3) is 0 Å². The van der Waals surface area contributed by atoms with Gasteiger partial charge >= 0.3 is 0 Å². The molecule has 5 nitrogen and oxygen atoms in total. The average Bonchev–Trinajstić information content (AvgIpc) is 2.92. The summed E-state index contributed by atoms with van der Waals surface area (Å²) in [7, 11) is 1.89. The summed E-state index contributed by atoms with van der Waals surface area (Å²) in [6.45, 7) is 5.53. The molecule has 1 amide bonds. The highest BCUT2D eigenvalue weighted by Crippen LogP contribution is 2.21. The van der Waals surface area contributed by atoms with E-state index in [2.05, 4.69) is 42.2 Å². The number of hydrogen-bond acceptors (Lipinski definition) is 3. The van der Waals surface area contributed by atoms with E-state index < -0.39 is 0 Å². The molecule has 1 aliphatic rings. The van der Waals surface area contributed by atoms with Crippen LogP contribution < -0.4 is 0 Å². The molecule has 5 heteroatoms. The zero-order valence-electron chi connectivity index (χ0n) is 13.4. The lowest BCUT2D eigenvalue weighted by Crippen LogP contribution is -2.37. The molecule has 0 spiro atoms. The predicted octanol–water partition coefficient (Wildman–Crippen LogP) is 2.12. The monoisotopic (exact) mass is 298 g/mol. The first-order valence-electron chi connectivity index (χ1n) is 7.72. The van der Waals surface area contributed by atoms with E-state index >= 15 is 0 Å². The van der Waals surface area contributed by atoms with Crippen LogP contribution in [0.25, 0.3) is 0 Å². The van der Waals surface area contributed by atoms with Crippen LogP contribution in [0, 0.1) is 19.8 Å². The third-order valence-corrected chi connectivity index (χ3v) is 4.26. The van der Waals surface area contributed by atoms with Gasteiger partial charge in [0.15, 0.2) is 0 Å². The summed E-state index contributed by atoms with van der Waals surface area (Å²) in [5.41, 5.74) is 3.67. The number of hydrogen-bond donors (Lipinski definition) is 0. The van der Waals surface area contributed by atoms with Crippen molar-refractivity contribution in [3.63, 3.8) is 0 Å².